The van der Waals surface area contributed by atoms with Gasteiger partial charge in [-0.05, 0) is 19.3 Å². The summed E-state index contributed by atoms with van der Waals surface area (Å²) in [7, 11) is 0. The molecule has 1 N–H and O–H groups in total. The van der Waals surface area contributed by atoms with E-state index in [1.807, 2.05) is 36.5 Å². The van der Waals surface area contributed by atoms with Crippen LogP contribution in [0.3, 0.4) is 0 Å². The second kappa shape index (κ2) is 4.30. The van der Waals surface area contributed by atoms with Crippen LogP contribution in [0.15, 0.2) is 36.5 Å². The topological polar surface area (TPSA) is 50.9 Å². The highest BCUT2D eigenvalue weighted by atomic mass is 16.3. The normalized spacial score (nSPS) is 24.1. The van der Waals surface area contributed by atoms with Gasteiger partial charge in [0.15, 0.2) is 0 Å². The molecule has 0 saturated heterocycles. The Bertz CT molecular complexity index is 494. The summed E-state index contributed by atoms with van der Waals surface area (Å²) in [5.74, 6) is 0. The molecule has 4 nitrogen and oxygen atoms in total. The number of nitrogens with zero attached hydrogens (tertiary/aromatic N) is 3. The minimum atomic E-state index is -0.277. The first kappa shape index (κ1) is 10.5. The van der Waals surface area contributed by atoms with E-state index in [2.05, 4.69) is 10.3 Å². The maximum atomic E-state index is 9.83. The minimum Gasteiger partial charge on any atom is -0.391 e. The van der Waals surface area contributed by atoms with Gasteiger partial charge in [-0.3, -0.25) is 0 Å². The van der Waals surface area contributed by atoms with Gasteiger partial charge in [-0.1, -0.05) is 35.5 Å². The largest absolute Gasteiger partial charge is 0.391 e. The van der Waals surface area contributed by atoms with E-state index in [1.165, 1.54) is 0 Å². The van der Waals surface area contributed by atoms with Crippen LogP contribution in [-0.2, 0) is 0 Å². The van der Waals surface area contributed by atoms with E-state index >= 15 is 0 Å². The lowest BCUT2D eigenvalue weighted by Gasteiger charge is -2.13. The molecule has 0 unspecified atom stereocenters. The highest BCUT2D eigenvalue weighted by molar-refractivity contribution is 5.57. The van der Waals surface area contributed by atoms with Gasteiger partial charge in [-0.25, -0.2) is 4.68 Å². The van der Waals surface area contributed by atoms with Crippen molar-refractivity contribution in [3.05, 3.63) is 36.5 Å². The van der Waals surface area contributed by atoms with E-state index in [-0.39, 0.29) is 12.1 Å². The molecule has 1 heterocycles. The summed E-state index contributed by atoms with van der Waals surface area (Å²) in [6, 6.07) is 10.1. The molecule has 0 aliphatic heterocycles. The van der Waals surface area contributed by atoms with Crippen molar-refractivity contribution in [3.63, 3.8) is 0 Å². The van der Waals surface area contributed by atoms with Crippen molar-refractivity contribution < 1.29 is 5.11 Å². The first-order valence-electron chi connectivity index (χ1n) is 6.00. The van der Waals surface area contributed by atoms with Crippen molar-refractivity contribution in [3.8, 4) is 11.3 Å². The summed E-state index contributed by atoms with van der Waals surface area (Å²) in [5.41, 5.74) is 1.93. The number of rotatable bonds is 2. The Kier molecular flexibility index (Phi) is 2.65. The Morgan fingerprint density at radius 1 is 1.18 bits per heavy atom. The first-order chi connectivity index (χ1) is 8.34. The first-order valence-corrected chi connectivity index (χ1v) is 6.00. The van der Waals surface area contributed by atoms with Crippen molar-refractivity contribution in [1.29, 1.82) is 0 Å². The molecule has 3 rings (SSSR count). The zero-order valence-corrected chi connectivity index (χ0v) is 9.53. The lowest BCUT2D eigenvalue weighted by atomic mass is 10.2. The fourth-order valence-electron chi connectivity index (χ4n) is 2.41. The van der Waals surface area contributed by atoms with E-state index in [1.54, 1.807) is 4.68 Å². The van der Waals surface area contributed by atoms with Gasteiger partial charge < -0.3 is 5.11 Å². The molecule has 88 valence electrons. The third-order valence-electron chi connectivity index (χ3n) is 3.36. The standard InChI is InChI=1S/C13H15N3O/c17-13-8-4-7-12(13)16-9-11(14-15-16)10-5-2-1-3-6-10/h1-3,5-6,9,12-13,17H,4,7-8H2/t12-,13-/m0/s1. The van der Waals surface area contributed by atoms with Crippen molar-refractivity contribution in [2.24, 2.45) is 0 Å². The quantitative estimate of drug-likeness (QED) is 0.857. The van der Waals surface area contributed by atoms with Crippen LogP contribution in [0.1, 0.15) is 25.3 Å². The van der Waals surface area contributed by atoms with E-state index in [9.17, 15) is 5.11 Å². The molecule has 1 aliphatic rings. The van der Waals surface area contributed by atoms with Gasteiger partial charge in [0.1, 0.15) is 5.69 Å². The fourth-order valence-corrected chi connectivity index (χ4v) is 2.41. The third kappa shape index (κ3) is 1.96. The van der Waals surface area contributed by atoms with Crippen LogP contribution in [0.4, 0.5) is 0 Å². The summed E-state index contributed by atoms with van der Waals surface area (Å²) in [5, 5.41) is 18.1. The lowest BCUT2D eigenvalue weighted by Crippen LogP contribution is -2.18. The zero-order chi connectivity index (χ0) is 11.7. The fraction of sp³-hybridized carbons (Fsp3) is 0.385. The van der Waals surface area contributed by atoms with Crippen LogP contribution in [0, 0.1) is 0 Å². The van der Waals surface area contributed by atoms with Crippen LogP contribution in [-0.4, -0.2) is 26.2 Å². The molecule has 0 bridgehead atoms. The average Bonchev–Trinajstić information content (AvgIpc) is 2.98. The minimum absolute atomic E-state index is 0.0972. The highest BCUT2D eigenvalue weighted by Gasteiger charge is 2.27. The van der Waals surface area contributed by atoms with E-state index < -0.39 is 0 Å². The van der Waals surface area contributed by atoms with Crippen LogP contribution in [0.25, 0.3) is 11.3 Å². The number of aliphatic hydroxyl groups is 1. The molecular weight excluding hydrogens is 214 g/mol. The molecule has 17 heavy (non-hydrogen) atoms. The van der Waals surface area contributed by atoms with Gasteiger partial charge in [0.05, 0.1) is 18.3 Å². The number of hydrogen-bond acceptors (Lipinski definition) is 3. The monoisotopic (exact) mass is 229 g/mol. The summed E-state index contributed by atoms with van der Waals surface area (Å²) in [4.78, 5) is 0. The Morgan fingerprint density at radius 3 is 2.71 bits per heavy atom. The van der Waals surface area contributed by atoms with Crippen molar-refractivity contribution >= 4 is 0 Å². The maximum Gasteiger partial charge on any atom is 0.113 e. The second-order valence-corrected chi connectivity index (χ2v) is 4.52. The van der Waals surface area contributed by atoms with Crippen molar-refractivity contribution in [1.82, 2.24) is 15.0 Å². The summed E-state index contributed by atoms with van der Waals surface area (Å²) in [6.45, 7) is 0. The third-order valence-corrected chi connectivity index (χ3v) is 3.36. The molecule has 0 amide bonds. The Balaban J connectivity index is 1.88. The van der Waals surface area contributed by atoms with Gasteiger partial charge >= 0.3 is 0 Å². The van der Waals surface area contributed by atoms with Gasteiger partial charge in [0, 0.05) is 5.56 Å². The van der Waals surface area contributed by atoms with Crippen molar-refractivity contribution in [2.45, 2.75) is 31.4 Å². The zero-order valence-electron chi connectivity index (χ0n) is 9.53. The van der Waals surface area contributed by atoms with Crippen LogP contribution in [0.2, 0.25) is 0 Å². The molecule has 2 atom stereocenters. The molecule has 2 aromatic rings. The molecule has 0 radical (unpaired) electrons. The predicted molar refractivity (Wildman–Crippen MR) is 64.4 cm³/mol. The smallest absolute Gasteiger partial charge is 0.113 e. The number of aromatic nitrogens is 3. The summed E-state index contributed by atoms with van der Waals surface area (Å²) >= 11 is 0. The molecule has 1 aromatic carbocycles. The molecule has 1 aromatic heterocycles. The molecule has 1 saturated carbocycles. The molecular formula is C13H15N3O. The number of benzene rings is 1. The predicted octanol–water partition coefficient (Wildman–Crippen LogP) is 2.03. The molecule has 1 aliphatic carbocycles. The summed E-state index contributed by atoms with van der Waals surface area (Å²) < 4.78 is 1.81. The van der Waals surface area contributed by atoms with Crippen molar-refractivity contribution in [2.75, 3.05) is 0 Å². The molecule has 4 heteroatoms. The Hall–Kier alpha value is -1.68. The highest BCUT2D eigenvalue weighted by Crippen LogP contribution is 2.30. The van der Waals surface area contributed by atoms with Gasteiger partial charge in [-0.2, -0.15) is 0 Å². The van der Waals surface area contributed by atoms with Gasteiger partial charge in [0.2, 0.25) is 0 Å². The average molecular weight is 229 g/mol. The lowest BCUT2D eigenvalue weighted by molar-refractivity contribution is 0.129. The maximum absolute atomic E-state index is 9.83. The van der Waals surface area contributed by atoms with E-state index in [0.29, 0.717) is 0 Å². The molecule has 0 spiro atoms. The summed E-state index contributed by atoms with van der Waals surface area (Å²) in [6.07, 6.45) is 4.56. The SMILES string of the molecule is O[C@H]1CCC[C@@H]1n1cc(-c2ccccc2)nn1. The Morgan fingerprint density at radius 2 is 2.00 bits per heavy atom. The van der Waals surface area contributed by atoms with E-state index in [0.717, 1.165) is 30.5 Å². The van der Waals surface area contributed by atoms with Gasteiger partial charge in [-0.15, -0.1) is 5.10 Å². The van der Waals surface area contributed by atoms with Gasteiger partial charge in [0.25, 0.3) is 0 Å². The number of hydrogen-bond donors (Lipinski definition) is 1. The Labute approximate surface area is 99.9 Å². The van der Waals surface area contributed by atoms with Crippen LogP contribution in [0.5, 0.6) is 0 Å². The molecule has 1 fully saturated rings. The van der Waals surface area contributed by atoms with E-state index in [4.69, 9.17) is 0 Å². The number of aliphatic hydroxyl groups excluding tert-OH is 1. The van der Waals surface area contributed by atoms with Crippen LogP contribution < -0.4 is 0 Å². The van der Waals surface area contributed by atoms with Crippen LogP contribution >= 0.6 is 0 Å². The second-order valence-electron chi connectivity index (χ2n) is 4.52.